The normalized spacial score (nSPS) is 18.7. The second-order valence-electron chi connectivity index (χ2n) is 10.5. The van der Waals surface area contributed by atoms with Crippen molar-refractivity contribution in [2.45, 2.75) is 82.9 Å². The molecule has 3 rings (SSSR count). The first-order chi connectivity index (χ1) is 17.2. The molecule has 0 heterocycles. The number of ether oxygens (including phenoxy) is 2. The van der Waals surface area contributed by atoms with Crippen molar-refractivity contribution in [2.75, 3.05) is 6.54 Å². The average molecular weight is 515 g/mol. The zero-order valence-corrected chi connectivity index (χ0v) is 22.4. The highest BCUT2D eigenvalue weighted by atomic mass is 35.5. The first-order valence-electron chi connectivity index (χ1n) is 12.8. The molecule has 2 N–H and O–H groups in total. The molecule has 1 aliphatic carbocycles. The van der Waals surface area contributed by atoms with Crippen molar-refractivity contribution in [1.29, 1.82) is 0 Å². The number of alkyl carbamates (subject to hydrolysis) is 1. The van der Waals surface area contributed by atoms with E-state index in [1.807, 2.05) is 54.6 Å². The lowest BCUT2D eigenvalue weighted by atomic mass is 9.87. The van der Waals surface area contributed by atoms with Crippen molar-refractivity contribution in [1.82, 2.24) is 10.6 Å². The van der Waals surface area contributed by atoms with Crippen LogP contribution in [-0.4, -0.2) is 35.6 Å². The van der Waals surface area contributed by atoms with Crippen LogP contribution in [0.1, 0.15) is 64.0 Å². The van der Waals surface area contributed by atoms with Crippen LogP contribution in [0.25, 0.3) is 0 Å². The number of halogens is 1. The van der Waals surface area contributed by atoms with Crippen molar-refractivity contribution >= 4 is 23.6 Å². The molecule has 0 aliphatic heterocycles. The summed E-state index contributed by atoms with van der Waals surface area (Å²) in [6.07, 6.45) is 4.93. The lowest BCUT2D eigenvalue weighted by Crippen LogP contribution is -2.49. The van der Waals surface area contributed by atoms with Crippen LogP contribution < -0.4 is 15.4 Å². The number of amides is 2. The van der Waals surface area contributed by atoms with Crippen LogP contribution in [0.4, 0.5) is 4.79 Å². The Hall–Kier alpha value is -2.73. The topological polar surface area (TPSA) is 76.7 Å². The summed E-state index contributed by atoms with van der Waals surface area (Å²) in [5.74, 6) is 1.12. The zero-order valence-electron chi connectivity index (χ0n) is 21.6. The maximum atomic E-state index is 13.0. The first kappa shape index (κ1) is 27.9. The molecule has 0 unspecified atom stereocenters. The standard InChI is InChI=1S/C29H39ClN2O4/c1-29(2,3)36-28(34)32-26(27(33)31-18-17-21-9-13-24(30)14-10-21)19-22-11-15-25(16-12-22)35-20-23-7-5-4-6-8-23/h4-8,11-12,15-16,21,24,26H,9-10,13-14,17-20H2,1-3H3,(H,31,33)(H,32,34)/t21?,24?,26-/m0/s1. The van der Waals surface area contributed by atoms with Gasteiger partial charge in [0.25, 0.3) is 0 Å². The quantitative estimate of drug-likeness (QED) is 0.381. The molecular weight excluding hydrogens is 476 g/mol. The van der Waals surface area contributed by atoms with Crippen molar-refractivity contribution in [3.05, 3.63) is 65.7 Å². The van der Waals surface area contributed by atoms with Gasteiger partial charge >= 0.3 is 6.09 Å². The molecule has 6 nitrogen and oxygen atoms in total. The fourth-order valence-corrected chi connectivity index (χ4v) is 4.54. The lowest BCUT2D eigenvalue weighted by molar-refractivity contribution is -0.123. The van der Waals surface area contributed by atoms with E-state index in [0.29, 0.717) is 25.5 Å². The third-order valence-electron chi connectivity index (χ3n) is 6.25. The molecule has 36 heavy (non-hydrogen) atoms. The van der Waals surface area contributed by atoms with E-state index < -0.39 is 17.7 Å². The molecule has 0 aromatic heterocycles. The molecule has 0 spiro atoms. The fourth-order valence-electron chi connectivity index (χ4n) is 4.29. The maximum Gasteiger partial charge on any atom is 0.408 e. The van der Waals surface area contributed by atoms with Gasteiger partial charge in [0.15, 0.2) is 0 Å². The molecule has 2 amide bonds. The molecule has 0 radical (unpaired) electrons. The van der Waals surface area contributed by atoms with Gasteiger partial charge in [-0.2, -0.15) is 0 Å². The predicted molar refractivity (Wildman–Crippen MR) is 143 cm³/mol. The van der Waals surface area contributed by atoms with E-state index in [-0.39, 0.29) is 11.3 Å². The lowest BCUT2D eigenvalue weighted by Gasteiger charge is -2.26. The summed E-state index contributed by atoms with van der Waals surface area (Å²) in [6, 6.07) is 16.8. The number of hydrogen-bond donors (Lipinski definition) is 2. The summed E-state index contributed by atoms with van der Waals surface area (Å²) >= 11 is 6.20. The molecule has 1 fully saturated rings. The molecule has 7 heteroatoms. The summed E-state index contributed by atoms with van der Waals surface area (Å²) in [4.78, 5) is 25.5. The van der Waals surface area contributed by atoms with Crippen LogP contribution in [0.15, 0.2) is 54.6 Å². The van der Waals surface area contributed by atoms with Crippen LogP contribution >= 0.6 is 11.6 Å². The Labute approximate surface area is 220 Å². The molecule has 1 aliphatic rings. The van der Waals surface area contributed by atoms with Gasteiger partial charge in [0.1, 0.15) is 24.0 Å². The smallest absolute Gasteiger partial charge is 0.408 e. The highest BCUT2D eigenvalue weighted by Crippen LogP contribution is 2.29. The number of hydrogen-bond acceptors (Lipinski definition) is 4. The van der Waals surface area contributed by atoms with Gasteiger partial charge in [-0.05, 0) is 82.1 Å². The third kappa shape index (κ3) is 10.1. The Kier molecular flexibility index (Phi) is 10.5. The van der Waals surface area contributed by atoms with E-state index in [0.717, 1.165) is 49.0 Å². The second-order valence-corrected chi connectivity index (χ2v) is 11.1. The number of nitrogens with one attached hydrogen (secondary N) is 2. The van der Waals surface area contributed by atoms with Gasteiger partial charge in [-0.25, -0.2) is 4.79 Å². The highest BCUT2D eigenvalue weighted by Gasteiger charge is 2.25. The van der Waals surface area contributed by atoms with E-state index in [1.165, 1.54) is 0 Å². The fraction of sp³-hybridized carbons (Fsp3) is 0.517. The highest BCUT2D eigenvalue weighted by molar-refractivity contribution is 6.20. The maximum absolute atomic E-state index is 13.0. The second kappa shape index (κ2) is 13.5. The minimum Gasteiger partial charge on any atom is -0.489 e. The van der Waals surface area contributed by atoms with E-state index in [4.69, 9.17) is 21.1 Å². The summed E-state index contributed by atoms with van der Waals surface area (Å²) < 4.78 is 11.3. The van der Waals surface area contributed by atoms with Gasteiger partial charge < -0.3 is 20.1 Å². The van der Waals surface area contributed by atoms with Gasteiger partial charge in [-0.1, -0.05) is 42.5 Å². The molecule has 2 aromatic carbocycles. The Morgan fingerprint density at radius 1 is 0.972 bits per heavy atom. The van der Waals surface area contributed by atoms with Crippen LogP contribution in [0, 0.1) is 5.92 Å². The monoisotopic (exact) mass is 514 g/mol. The first-order valence-corrected chi connectivity index (χ1v) is 13.3. The zero-order chi connectivity index (χ0) is 26.0. The molecule has 0 bridgehead atoms. The number of carbonyl (C=O) groups excluding carboxylic acids is 2. The predicted octanol–water partition coefficient (Wildman–Crippen LogP) is 6.01. The minimum absolute atomic E-state index is 0.212. The summed E-state index contributed by atoms with van der Waals surface area (Å²) in [6.45, 7) is 6.45. The number of alkyl halides is 1. The largest absolute Gasteiger partial charge is 0.489 e. The van der Waals surface area contributed by atoms with Gasteiger partial charge in [-0.3, -0.25) is 4.79 Å². The van der Waals surface area contributed by atoms with Crippen molar-refractivity contribution in [2.24, 2.45) is 5.92 Å². The van der Waals surface area contributed by atoms with E-state index in [9.17, 15) is 9.59 Å². The molecular formula is C29H39ClN2O4. The number of rotatable bonds is 10. The summed E-state index contributed by atoms with van der Waals surface area (Å²) in [7, 11) is 0. The average Bonchev–Trinajstić information content (AvgIpc) is 2.84. The number of carbonyl (C=O) groups is 2. The molecule has 0 saturated heterocycles. The van der Waals surface area contributed by atoms with Gasteiger partial charge in [0, 0.05) is 18.3 Å². The van der Waals surface area contributed by atoms with Crippen LogP contribution in [-0.2, 0) is 22.6 Å². The Morgan fingerprint density at radius 2 is 1.64 bits per heavy atom. The SMILES string of the molecule is CC(C)(C)OC(=O)N[C@@H](Cc1ccc(OCc2ccccc2)cc1)C(=O)NCCC1CCC(Cl)CC1. The van der Waals surface area contributed by atoms with Crippen molar-refractivity contribution in [3.63, 3.8) is 0 Å². The number of benzene rings is 2. The minimum atomic E-state index is -0.741. The van der Waals surface area contributed by atoms with Gasteiger partial charge in [0.05, 0.1) is 0 Å². The van der Waals surface area contributed by atoms with Crippen LogP contribution in [0.5, 0.6) is 5.75 Å². The Morgan fingerprint density at radius 3 is 2.28 bits per heavy atom. The van der Waals surface area contributed by atoms with Gasteiger partial charge in [-0.15, -0.1) is 11.6 Å². The van der Waals surface area contributed by atoms with Crippen molar-refractivity contribution < 1.29 is 19.1 Å². The summed E-state index contributed by atoms with van der Waals surface area (Å²) in [5.41, 5.74) is 1.36. The van der Waals surface area contributed by atoms with E-state index in [2.05, 4.69) is 10.6 Å². The summed E-state index contributed by atoms with van der Waals surface area (Å²) in [5, 5.41) is 6.05. The molecule has 2 aromatic rings. The van der Waals surface area contributed by atoms with Crippen LogP contribution in [0.3, 0.4) is 0 Å². The molecule has 196 valence electrons. The van der Waals surface area contributed by atoms with Crippen LogP contribution in [0.2, 0.25) is 0 Å². The van der Waals surface area contributed by atoms with E-state index >= 15 is 0 Å². The Bertz CT molecular complexity index is 951. The van der Waals surface area contributed by atoms with E-state index in [1.54, 1.807) is 20.8 Å². The molecule has 1 atom stereocenters. The van der Waals surface area contributed by atoms with Crippen molar-refractivity contribution in [3.8, 4) is 5.75 Å². The third-order valence-corrected chi connectivity index (χ3v) is 6.68. The Balaban J connectivity index is 1.56. The van der Waals surface area contributed by atoms with Gasteiger partial charge in [0.2, 0.25) is 5.91 Å². The molecule has 1 saturated carbocycles.